The number of allylic oxidation sites excluding steroid dienone is 1. The van der Waals surface area contributed by atoms with Gasteiger partial charge in [0, 0.05) is 23.7 Å². The van der Waals surface area contributed by atoms with Gasteiger partial charge >= 0.3 is 0 Å². The number of halogens is 1. The minimum absolute atomic E-state index is 0.0787. The lowest BCUT2D eigenvalue weighted by atomic mass is 10.3. The summed E-state index contributed by atoms with van der Waals surface area (Å²) in [6.45, 7) is 4.90. The Morgan fingerprint density at radius 2 is 2.50 bits per heavy atom. The van der Waals surface area contributed by atoms with Crippen LogP contribution in [0.15, 0.2) is 18.5 Å². The number of aromatic nitrogens is 2. The standard InChI is InChI=1S/C9H13ClN2/c1-3-12-7-9(6-11-12)5-4-8(2)10/h4-8H,3H2,1-2H3/b5-4+. The zero-order valence-corrected chi connectivity index (χ0v) is 8.12. The molecule has 1 unspecified atom stereocenters. The molecule has 1 aromatic heterocycles. The maximum absolute atomic E-state index is 5.75. The molecule has 0 fully saturated rings. The number of aryl methyl sites for hydroxylation is 1. The summed E-state index contributed by atoms with van der Waals surface area (Å²) in [5.41, 5.74) is 1.10. The summed E-state index contributed by atoms with van der Waals surface area (Å²) in [6, 6.07) is 0. The van der Waals surface area contributed by atoms with E-state index < -0.39 is 0 Å². The Kier molecular flexibility index (Phi) is 3.35. The lowest BCUT2D eigenvalue weighted by Crippen LogP contribution is -1.91. The van der Waals surface area contributed by atoms with Gasteiger partial charge in [-0.15, -0.1) is 11.6 Å². The van der Waals surface area contributed by atoms with E-state index in [-0.39, 0.29) is 5.38 Å². The molecule has 1 aromatic rings. The molecule has 0 saturated carbocycles. The van der Waals surface area contributed by atoms with Crippen LogP contribution < -0.4 is 0 Å². The van der Waals surface area contributed by atoms with Gasteiger partial charge in [-0.25, -0.2) is 0 Å². The molecular formula is C9H13ClN2. The fraction of sp³-hybridized carbons (Fsp3) is 0.444. The summed E-state index contributed by atoms with van der Waals surface area (Å²) in [6.07, 6.45) is 7.75. The van der Waals surface area contributed by atoms with Crippen molar-refractivity contribution in [3.8, 4) is 0 Å². The average molecular weight is 185 g/mol. The second-order valence-corrected chi connectivity index (χ2v) is 3.35. The van der Waals surface area contributed by atoms with E-state index in [1.807, 2.05) is 36.2 Å². The summed E-state index contributed by atoms with van der Waals surface area (Å²) in [5, 5.41) is 4.21. The Morgan fingerprint density at radius 1 is 1.75 bits per heavy atom. The van der Waals surface area contributed by atoms with Gasteiger partial charge < -0.3 is 0 Å². The quantitative estimate of drug-likeness (QED) is 0.661. The predicted molar refractivity (Wildman–Crippen MR) is 52.3 cm³/mol. The Labute approximate surface area is 77.8 Å². The zero-order chi connectivity index (χ0) is 8.97. The number of nitrogens with zero attached hydrogens (tertiary/aromatic N) is 2. The fourth-order valence-electron chi connectivity index (χ4n) is 0.882. The van der Waals surface area contributed by atoms with Gasteiger partial charge in [0.25, 0.3) is 0 Å². The molecule has 0 N–H and O–H groups in total. The Morgan fingerprint density at radius 3 is 3.00 bits per heavy atom. The maximum Gasteiger partial charge on any atom is 0.0562 e. The first-order valence-electron chi connectivity index (χ1n) is 4.07. The molecule has 1 atom stereocenters. The van der Waals surface area contributed by atoms with Crippen LogP contribution in [0.3, 0.4) is 0 Å². The zero-order valence-electron chi connectivity index (χ0n) is 7.37. The highest BCUT2D eigenvalue weighted by atomic mass is 35.5. The summed E-state index contributed by atoms with van der Waals surface area (Å²) >= 11 is 5.75. The highest BCUT2D eigenvalue weighted by molar-refractivity contribution is 6.21. The molecule has 66 valence electrons. The van der Waals surface area contributed by atoms with Gasteiger partial charge in [0.1, 0.15) is 0 Å². The molecule has 3 heteroatoms. The van der Waals surface area contributed by atoms with Crippen molar-refractivity contribution < 1.29 is 0 Å². The van der Waals surface area contributed by atoms with Crippen LogP contribution >= 0.6 is 11.6 Å². The van der Waals surface area contributed by atoms with Gasteiger partial charge in [0.15, 0.2) is 0 Å². The minimum atomic E-state index is 0.0787. The molecule has 0 bridgehead atoms. The molecule has 0 radical (unpaired) electrons. The Bertz CT molecular complexity index is 263. The molecule has 0 amide bonds. The molecule has 1 rings (SSSR count). The van der Waals surface area contributed by atoms with Crippen molar-refractivity contribution in [2.75, 3.05) is 0 Å². The number of hydrogen-bond acceptors (Lipinski definition) is 1. The second kappa shape index (κ2) is 4.31. The third-order valence-corrected chi connectivity index (χ3v) is 1.68. The normalized spacial score (nSPS) is 13.9. The van der Waals surface area contributed by atoms with Gasteiger partial charge in [-0.05, 0) is 13.8 Å². The van der Waals surface area contributed by atoms with Crippen molar-refractivity contribution in [2.24, 2.45) is 0 Å². The van der Waals surface area contributed by atoms with Gasteiger partial charge in [0.05, 0.1) is 6.20 Å². The smallest absolute Gasteiger partial charge is 0.0562 e. The van der Waals surface area contributed by atoms with Crippen LogP contribution in [0.4, 0.5) is 0 Å². The van der Waals surface area contributed by atoms with Gasteiger partial charge in [0.2, 0.25) is 0 Å². The molecule has 2 nitrogen and oxygen atoms in total. The van der Waals surface area contributed by atoms with E-state index in [9.17, 15) is 0 Å². The minimum Gasteiger partial charge on any atom is -0.272 e. The van der Waals surface area contributed by atoms with Crippen LogP contribution in [0.2, 0.25) is 0 Å². The lowest BCUT2D eigenvalue weighted by Gasteiger charge is -1.90. The van der Waals surface area contributed by atoms with Crippen molar-refractivity contribution in [1.29, 1.82) is 0 Å². The SMILES string of the molecule is CCn1cc(/C=C/C(C)Cl)cn1. The van der Waals surface area contributed by atoms with Crippen LogP contribution in [0, 0.1) is 0 Å². The number of hydrogen-bond donors (Lipinski definition) is 0. The van der Waals surface area contributed by atoms with Crippen LogP contribution in [0.5, 0.6) is 0 Å². The molecule has 1 heterocycles. The molecule has 12 heavy (non-hydrogen) atoms. The Hall–Kier alpha value is -0.760. The largest absolute Gasteiger partial charge is 0.272 e. The van der Waals surface area contributed by atoms with Crippen molar-refractivity contribution in [2.45, 2.75) is 25.8 Å². The van der Waals surface area contributed by atoms with E-state index in [1.54, 1.807) is 0 Å². The van der Waals surface area contributed by atoms with Crippen molar-refractivity contribution in [3.05, 3.63) is 24.0 Å². The Balaban J connectivity index is 2.63. The lowest BCUT2D eigenvalue weighted by molar-refractivity contribution is 0.660. The van der Waals surface area contributed by atoms with E-state index in [2.05, 4.69) is 12.0 Å². The first kappa shape index (κ1) is 9.33. The molecule has 0 aromatic carbocycles. The van der Waals surface area contributed by atoms with Crippen LogP contribution in [-0.4, -0.2) is 15.2 Å². The first-order valence-corrected chi connectivity index (χ1v) is 4.50. The van der Waals surface area contributed by atoms with Gasteiger partial charge in [-0.1, -0.05) is 12.2 Å². The van der Waals surface area contributed by atoms with Gasteiger partial charge in [-0.2, -0.15) is 5.10 Å². The first-order chi connectivity index (χ1) is 5.72. The second-order valence-electron chi connectivity index (χ2n) is 2.67. The third kappa shape index (κ3) is 2.70. The summed E-state index contributed by atoms with van der Waals surface area (Å²) < 4.78 is 1.89. The summed E-state index contributed by atoms with van der Waals surface area (Å²) in [4.78, 5) is 0. The molecule has 0 aliphatic rings. The molecule has 0 spiro atoms. The topological polar surface area (TPSA) is 17.8 Å². The van der Waals surface area contributed by atoms with Gasteiger partial charge in [-0.3, -0.25) is 4.68 Å². The third-order valence-electron chi connectivity index (χ3n) is 1.53. The van der Waals surface area contributed by atoms with Crippen LogP contribution in [-0.2, 0) is 6.54 Å². The highest BCUT2D eigenvalue weighted by Crippen LogP contribution is 2.03. The van der Waals surface area contributed by atoms with E-state index >= 15 is 0 Å². The fourth-order valence-corrected chi connectivity index (χ4v) is 0.955. The van der Waals surface area contributed by atoms with E-state index in [0.717, 1.165) is 12.1 Å². The predicted octanol–water partition coefficient (Wildman–Crippen LogP) is 2.54. The van der Waals surface area contributed by atoms with Crippen molar-refractivity contribution in [1.82, 2.24) is 9.78 Å². The number of alkyl halides is 1. The number of rotatable bonds is 3. The van der Waals surface area contributed by atoms with Crippen molar-refractivity contribution >= 4 is 17.7 Å². The highest BCUT2D eigenvalue weighted by Gasteiger charge is 1.92. The molecule has 0 aliphatic carbocycles. The van der Waals surface area contributed by atoms with E-state index in [1.165, 1.54) is 0 Å². The maximum atomic E-state index is 5.75. The summed E-state index contributed by atoms with van der Waals surface area (Å²) in [7, 11) is 0. The van der Waals surface area contributed by atoms with E-state index in [0.29, 0.717) is 0 Å². The summed E-state index contributed by atoms with van der Waals surface area (Å²) in [5.74, 6) is 0. The van der Waals surface area contributed by atoms with E-state index in [4.69, 9.17) is 11.6 Å². The van der Waals surface area contributed by atoms with Crippen LogP contribution in [0.25, 0.3) is 6.08 Å². The molecule has 0 aliphatic heterocycles. The monoisotopic (exact) mass is 184 g/mol. The average Bonchev–Trinajstić information content (AvgIpc) is 2.48. The molecular weight excluding hydrogens is 172 g/mol. The molecule has 0 saturated heterocycles. The van der Waals surface area contributed by atoms with Crippen LogP contribution in [0.1, 0.15) is 19.4 Å². The van der Waals surface area contributed by atoms with Crippen molar-refractivity contribution in [3.63, 3.8) is 0 Å².